The topological polar surface area (TPSA) is 84.3 Å². The van der Waals surface area contributed by atoms with Gasteiger partial charge in [0, 0.05) is 30.2 Å². The fourth-order valence-corrected chi connectivity index (χ4v) is 5.19. The van der Waals surface area contributed by atoms with E-state index in [0.29, 0.717) is 34.9 Å². The van der Waals surface area contributed by atoms with Gasteiger partial charge < -0.3 is 9.88 Å². The first kappa shape index (κ1) is 19.5. The first-order valence-electron chi connectivity index (χ1n) is 9.14. The predicted octanol–water partition coefficient (Wildman–Crippen LogP) is 3.71. The molecule has 0 saturated carbocycles. The van der Waals surface area contributed by atoms with E-state index in [4.69, 9.17) is 11.6 Å². The largest absolute Gasteiger partial charge is 0.322 e. The Morgan fingerprint density at radius 1 is 1.14 bits per heavy atom. The van der Waals surface area contributed by atoms with Crippen LogP contribution in [0.25, 0.3) is 5.69 Å². The van der Waals surface area contributed by atoms with Crippen LogP contribution in [-0.2, 0) is 10.0 Å². The Hall–Kier alpha value is -2.84. The minimum atomic E-state index is -3.33. The van der Waals surface area contributed by atoms with Crippen molar-refractivity contribution in [3.8, 4) is 5.69 Å². The maximum Gasteiger partial charge on any atom is 0.255 e. The van der Waals surface area contributed by atoms with Crippen molar-refractivity contribution in [2.24, 2.45) is 0 Å². The number of carbonyl (C=O) groups excluding carboxylic acids is 1. The van der Waals surface area contributed by atoms with Crippen molar-refractivity contribution in [1.29, 1.82) is 0 Å². The molecule has 1 saturated heterocycles. The molecule has 150 valence electrons. The minimum Gasteiger partial charge on any atom is -0.322 e. The van der Waals surface area contributed by atoms with Gasteiger partial charge in [-0.2, -0.15) is 0 Å². The molecule has 1 aliphatic heterocycles. The summed E-state index contributed by atoms with van der Waals surface area (Å²) in [5.74, 6) is -0.210. The fourth-order valence-electron chi connectivity index (χ4n) is 3.28. The van der Waals surface area contributed by atoms with E-state index >= 15 is 0 Å². The molecule has 0 radical (unpaired) electrons. The van der Waals surface area contributed by atoms with Gasteiger partial charge in [0.05, 0.1) is 28.5 Å². The normalized spacial score (nSPS) is 15.8. The van der Waals surface area contributed by atoms with E-state index in [1.165, 1.54) is 4.31 Å². The van der Waals surface area contributed by atoms with Crippen LogP contribution in [0.2, 0.25) is 5.02 Å². The van der Waals surface area contributed by atoms with E-state index in [1.54, 1.807) is 65.8 Å². The highest BCUT2D eigenvalue weighted by Crippen LogP contribution is 2.26. The Morgan fingerprint density at radius 3 is 2.72 bits per heavy atom. The molecule has 1 aliphatic rings. The summed E-state index contributed by atoms with van der Waals surface area (Å²) in [5, 5.41) is 3.27. The zero-order chi connectivity index (χ0) is 20.4. The summed E-state index contributed by atoms with van der Waals surface area (Å²) in [6.07, 6.45) is 6.53. The van der Waals surface area contributed by atoms with Crippen LogP contribution in [-0.4, -0.2) is 36.2 Å². The number of amides is 1. The minimum absolute atomic E-state index is 0.130. The van der Waals surface area contributed by atoms with Crippen LogP contribution < -0.4 is 9.62 Å². The van der Waals surface area contributed by atoms with Crippen molar-refractivity contribution in [1.82, 2.24) is 9.55 Å². The summed E-state index contributed by atoms with van der Waals surface area (Å²) in [6.45, 7) is 0.429. The maximum atomic E-state index is 12.7. The third-order valence-electron chi connectivity index (χ3n) is 4.73. The number of carbonyl (C=O) groups is 1. The lowest BCUT2D eigenvalue weighted by atomic mass is 10.1. The molecule has 0 bridgehead atoms. The zero-order valence-corrected chi connectivity index (χ0v) is 17.0. The summed E-state index contributed by atoms with van der Waals surface area (Å²) in [4.78, 5) is 16.7. The number of nitrogens with zero attached hydrogens (tertiary/aromatic N) is 3. The van der Waals surface area contributed by atoms with Crippen LogP contribution in [0, 0.1) is 0 Å². The summed E-state index contributed by atoms with van der Waals surface area (Å²) >= 11 is 6.34. The second-order valence-corrected chi connectivity index (χ2v) is 9.16. The zero-order valence-electron chi connectivity index (χ0n) is 15.5. The standard InChI is InChI=1S/C20H19ClN4O3S/c21-18-13-16(6-7-19(18)24-10-8-22-14-24)23-20(26)15-4-3-5-17(12-15)25-9-1-2-11-29(25,27)28/h3-8,10,12-14H,1-2,9,11H2,(H,23,26). The Bertz CT molecular complexity index is 1150. The highest BCUT2D eigenvalue weighted by atomic mass is 35.5. The second kappa shape index (κ2) is 7.88. The van der Waals surface area contributed by atoms with Gasteiger partial charge in [0.25, 0.3) is 5.91 Å². The summed E-state index contributed by atoms with van der Waals surface area (Å²) < 4.78 is 27.8. The lowest BCUT2D eigenvalue weighted by Gasteiger charge is -2.28. The smallest absolute Gasteiger partial charge is 0.255 e. The average Bonchev–Trinajstić information content (AvgIpc) is 3.22. The third-order valence-corrected chi connectivity index (χ3v) is 6.91. The summed E-state index contributed by atoms with van der Waals surface area (Å²) in [7, 11) is -3.33. The first-order valence-corrected chi connectivity index (χ1v) is 11.1. The van der Waals surface area contributed by atoms with Crippen LogP contribution in [0.5, 0.6) is 0 Å². The molecule has 7 nitrogen and oxygen atoms in total. The SMILES string of the molecule is O=C(Nc1ccc(-n2ccnc2)c(Cl)c1)c1cccc(N2CCCCS2(=O)=O)c1. The lowest BCUT2D eigenvalue weighted by molar-refractivity contribution is 0.102. The van der Waals surface area contributed by atoms with Crippen LogP contribution in [0.15, 0.2) is 61.2 Å². The van der Waals surface area contributed by atoms with Gasteiger partial charge in [-0.3, -0.25) is 9.10 Å². The molecule has 1 amide bonds. The van der Waals surface area contributed by atoms with E-state index in [1.807, 2.05) is 0 Å². The molecule has 2 heterocycles. The van der Waals surface area contributed by atoms with Gasteiger partial charge in [0.15, 0.2) is 0 Å². The number of hydrogen-bond acceptors (Lipinski definition) is 4. The fraction of sp³-hybridized carbons (Fsp3) is 0.200. The van der Waals surface area contributed by atoms with E-state index < -0.39 is 10.0 Å². The quantitative estimate of drug-likeness (QED) is 0.683. The molecule has 2 aromatic carbocycles. The monoisotopic (exact) mass is 430 g/mol. The molecular formula is C20H19ClN4O3S. The number of rotatable bonds is 4. The van der Waals surface area contributed by atoms with E-state index in [-0.39, 0.29) is 11.7 Å². The molecule has 0 unspecified atom stereocenters. The number of hydrogen-bond donors (Lipinski definition) is 1. The van der Waals surface area contributed by atoms with E-state index in [0.717, 1.165) is 12.1 Å². The van der Waals surface area contributed by atoms with Gasteiger partial charge >= 0.3 is 0 Å². The number of sulfonamides is 1. The third kappa shape index (κ3) is 4.13. The van der Waals surface area contributed by atoms with Crippen molar-refractivity contribution in [2.45, 2.75) is 12.8 Å². The van der Waals surface area contributed by atoms with Crippen LogP contribution in [0.4, 0.5) is 11.4 Å². The van der Waals surface area contributed by atoms with Crippen molar-refractivity contribution >= 4 is 38.9 Å². The lowest BCUT2D eigenvalue weighted by Crippen LogP contribution is -2.37. The Balaban J connectivity index is 1.54. The number of imidazole rings is 1. The van der Waals surface area contributed by atoms with E-state index in [9.17, 15) is 13.2 Å². The number of aromatic nitrogens is 2. The molecule has 29 heavy (non-hydrogen) atoms. The Morgan fingerprint density at radius 2 is 2.00 bits per heavy atom. The summed E-state index contributed by atoms with van der Waals surface area (Å²) in [5.41, 5.74) is 2.17. The van der Waals surface area contributed by atoms with Crippen molar-refractivity contribution in [3.05, 3.63) is 71.8 Å². The maximum absolute atomic E-state index is 12.7. The molecule has 9 heteroatoms. The predicted molar refractivity (Wildman–Crippen MR) is 113 cm³/mol. The van der Waals surface area contributed by atoms with Gasteiger partial charge in [-0.15, -0.1) is 0 Å². The Labute approximate surface area is 174 Å². The van der Waals surface area contributed by atoms with E-state index in [2.05, 4.69) is 10.3 Å². The van der Waals surface area contributed by atoms with Gasteiger partial charge in [-0.25, -0.2) is 13.4 Å². The molecular weight excluding hydrogens is 412 g/mol. The molecule has 4 rings (SSSR count). The number of halogens is 1. The molecule has 3 aromatic rings. The number of nitrogens with one attached hydrogen (secondary N) is 1. The molecule has 0 aliphatic carbocycles. The molecule has 0 atom stereocenters. The highest BCUT2D eigenvalue weighted by Gasteiger charge is 2.26. The summed E-state index contributed by atoms with van der Waals surface area (Å²) in [6, 6.07) is 11.8. The van der Waals surface area contributed by atoms with Crippen LogP contribution in [0.3, 0.4) is 0 Å². The molecule has 1 fully saturated rings. The van der Waals surface area contributed by atoms with Gasteiger partial charge in [0.1, 0.15) is 0 Å². The van der Waals surface area contributed by atoms with Crippen LogP contribution in [0.1, 0.15) is 23.2 Å². The van der Waals surface area contributed by atoms with Crippen molar-refractivity contribution in [2.75, 3.05) is 21.9 Å². The second-order valence-electron chi connectivity index (χ2n) is 6.74. The van der Waals surface area contributed by atoms with Gasteiger partial charge in [-0.05, 0) is 49.2 Å². The number of benzene rings is 2. The van der Waals surface area contributed by atoms with Gasteiger partial charge in [-0.1, -0.05) is 17.7 Å². The molecule has 0 spiro atoms. The Kier molecular flexibility index (Phi) is 5.29. The molecule has 1 N–H and O–H groups in total. The van der Waals surface area contributed by atoms with Gasteiger partial charge in [0.2, 0.25) is 10.0 Å². The molecule has 1 aromatic heterocycles. The average molecular weight is 431 g/mol. The highest BCUT2D eigenvalue weighted by molar-refractivity contribution is 7.92. The number of anilines is 2. The van der Waals surface area contributed by atoms with Crippen LogP contribution >= 0.6 is 11.6 Å². The first-order chi connectivity index (χ1) is 13.9. The van der Waals surface area contributed by atoms with Crippen molar-refractivity contribution < 1.29 is 13.2 Å². The van der Waals surface area contributed by atoms with Crippen molar-refractivity contribution in [3.63, 3.8) is 0 Å².